The Labute approximate surface area is 98.2 Å². The molecule has 4 N–H and O–H groups in total. The zero-order valence-corrected chi connectivity index (χ0v) is 9.40. The van der Waals surface area contributed by atoms with E-state index in [1.165, 1.54) is 6.20 Å². The number of benzene rings is 1. The van der Waals surface area contributed by atoms with Crippen molar-refractivity contribution in [3.8, 4) is 0 Å². The summed E-state index contributed by atoms with van der Waals surface area (Å²) in [5.41, 5.74) is 8.48. The number of hydrogen-bond acceptors (Lipinski definition) is 4. The monoisotopic (exact) mass is 231 g/mol. The smallest absolute Gasteiger partial charge is 0.277 e. The van der Waals surface area contributed by atoms with Gasteiger partial charge < -0.3 is 11.1 Å². The van der Waals surface area contributed by atoms with E-state index in [0.717, 1.165) is 16.8 Å². The molecule has 0 bridgehead atoms. The first kappa shape index (κ1) is 11.3. The predicted octanol–water partition coefficient (Wildman–Crippen LogP) is 0.824. The Morgan fingerprint density at radius 3 is 3.00 bits per heavy atom. The summed E-state index contributed by atoms with van der Waals surface area (Å²) in [5, 5.41) is 12.5. The molecule has 0 fully saturated rings. The van der Waals surface area contributed by atoms with Gasteiger partial charge in [0.15, 0.2) is 5.69 Å². The first-order chi connectivity index (χ1) is 8.20. The van der Waals surface area contributed by atoms with E-state index in [4.69, 9.17) is 5.73 Å². The van der Waals surface area contributed by atoms with Crippen LogP contribution in [-0.2, 0) is 6.54 Å². The molecular weight excluding hydrogens is 218 g/mol. The molecule has 0 aliphatic heterocycles. The van der Waals surface area contributed by atoms with Gasteiger partial charge in [0.25, 0.3) is 5.91 Å². The molecule has 1 heterocycles. The number of aromatic amines is 1. The third-order valence-corrected chi connectivity index (χ3v) is 2.43. The lowest BCUT2D eigenvalue weighted by Crippen LogP contribution is -2.13. The van der Waals surface area contributed by atoms with E-state index in [-0.39, 0.29) is 11.6 Å². The van der Waals surface area contributed by atoms with Crippen molar-refractivity contribution in [1.29, 1.82) is 0 Å². The van der Waals surface area contributed by atoms with E-state index >= 15 is 0 Å². The molecule has 2 rings (SSSR count). The average Bonchev–Trinajstić information content (AvgIpc) is 2.85. The van der Waals surface area contributed by atoms with Crippen LogP contribution in [0.4, 0.5) is 5.69 Å². The molecule has 6 heteroatoms. The fourth-order valence-corrected chi connectivity index (χ4v) is 1.43. The van der Waals surface area contributed by atoms with Crippen LogP contribution in [0.25, 0.3) is 0 Å². The van der Waals surface area contributed by atoms with Gasteiger partial charge in [-0.2, -0.15) is 15.4 Å². The number of nitrogens with one attached hydrogen (secondary N) is 2. The number of H-pyrrole nitrogens is 1. The van der Waals surface area contributed by atoms with E-state index in [0.29, 0.717) is 6.54 Å². The van der Waals surface area contributed by atoms with Crippen LogP contribution in [0, 0.1) is 6.92 Å². The van der Waals surface area contributed by atoms with Gasteiger partial charge in [-0.05, 0) is 24.1 Å². The van der Waals surface area contributed by atoms with Crippen molar-refractivity contribution >= 4 is 11.6 Å². The topological polar surface area (TPSA) is 96.7 Å². The second-order valence-corrected chi connectivity index (χ2v) is 3.66. The molecule has 2 aromatic rings. The summed E-state index contributed by atoms with van der Waals surface area (Å²) in [6, 6.07) is 5.70. The maximum Gasteiger partial charge on any atom is 0.277 e. The number of carbonyl (C=O) groups is 1. The standard InChI is InChI=1S/C11H13N5O/c1-7-2-3-8(5-12)4-9(7)14-11(17)10-6-13-16-15-10/h2-4,6H,5,12H2,1H3,(H,14,17)(H,13,15,16). The van der Waals surface area contributed by atoms with Gasteiger partial charge in [0, 0.05) is 12.2 Å². The molecule has 0 atom stereocenters. The fourth-order valence-electron chi connectivity index (χ4n) is 1.43. The lowest BCUT2D eigenvalue weighted by atomic mass is 10.1. The zero-order chi connectivity index (χ0) is 12.3. The van der Waals surface area contributed by atoms with Crippen LogP contribution >= 0.6 is 0 Å². The summed E-state index contributed by atoms with van der Waals surface area (Å²) in [5.74, 6) is -0.295. The molecule has 0 aliphatic rings. The van der Waals surface area contributed by atoms with Crippen LogP contribution in [0.3, 0.4) is 0 Å². The minimum atomic E-state index is -0.295. The van der Waals surface area contributed by atoms with Crippen molar-refractivity contribution < 1.29 is 4.79 Å². The lowest BCUT2D eigenvalue weighted by Gasteiger charge is -2.08. The summed E-state index contributed by atoms with van der Waals surface area (Å²) < 4.78 is 0. The van der Waals surface area contributed by atoms with Crippen molar-refractivity contribution in [1.82, 2.24) is 15.4 Å². The van der Waals surface area contributed by atoms with Crippen LogP contribution in [0.1, 0.15) is 21.6 Å². The molecular formula is C11H13N5O. The van der Waals surface area contributed by atoms with Crippen LogP contribution in [0.2, 0.25) is 0 Å². The highest BCUT2D eigenvalue weighted by Crippen LogP contribution is 2.17. The van der Waals surface area contributed by atoms with Gasteiger partial charge in [-0.3, -0.25) is 4.79 Å². The Bertz CT molecular complexity index is 521. The van der Waals surface area contributed by atoms with Crippen molar-refractivity contribution in [2.45, 2.75) is 13.5 Å². The zero-order valence-electron chi connectivity index (χ0n) is 9.40. The Morgan fingerprint density at radius 1 is 1.53 bits per heavy atom. The quantitative estimate of drug-likeness (QED) is 0.728. The van der Waals surface area contributed by atoms with Crippen molar-refractivity contribution in [3.05, 3.63) is 41.2 Å². The van der Waals surface area contributed by atoms with E-state index in [9.17, 15) is 4.79 Å². The lowest BCUT2D eigenvalue weighted by molar-refractivity contribution is 0.102. The first-order valence-electron chi connectivity index (χ1n) is 5.17. The summed E-state index contributed by atoms with van der Waals surface area (Å²) in [6.07, 6.45) is 1.37. The Balaban J connectivity index is 2.21. The number of nitrogens with zero attached hydrogens (tertiary/aromatic N) is 2. The number of nitrogens with two attached hydrogens (primary N) is 1. The number of rotatable bonds is 3. The van der Waals surface area contributed by atoms with Crippen molar-refractivity contribution in [2.24, 2.45) is 5.73 Å². The maximum absolute atomic E-state index is 11.8. The number of carbonyl (C=O) groups excluding carboxylic acids is 1. The number of amides is 1. The summed E-state index contributed by atoms with van der Waals surface area (Å²) in [6.45, 7) is 2.35. The molecule has 1 aromatic heterocycles. The molecule has 0 saturated heterocycles. The van der Waals surface area contributed by atoms with Crippen LogP contribution < -0.4 is 11.1 Å². The predicted molar refractivity (Wildman–Crippen MR) is 63.4 cm³/mol. The van der Waals surface area contributed by atoms with Crippen molar-refractivity contribution in [2.75, 3.05) is 5.32 Å². The molecule has 0 aliphatic carbocycles. The molecule has 0 spiro atoms. The van der Waals surface area contributed by atoms with E-state index < -0.39 is 0 Å². The summed E-state index contributed by atoms with van der Waals surface area (Å²) in [7, 11) is 0. The number of aryl methyl sites for hydroxylation is 1. The van der Waals surface area contributed by atoms with Crippen LogP contribution in [0.5, 0.6) is 0 Å². The minimum Gasteiger partial charge on any atom is -0.326 e. The van der Waals surface area contributed by atoms with Gasteiger partial charge in [-0.25, -0.2) is 0 Å². The van der Waals surface area contributed by atoms with Gasteiger partial charge in [0.05, 0.1) is 6.20 Å². The molecule has 6 nitrogen and oxygen atoms in total. The third kappa shape index (κ3) is 2.48. The van der Waals surface area contributed by atoms with Gasteiger partial charge in [-0.1, -0.05) is 12.1 Å². The van der Waals surface area contributed by atoms with Crippen molar-refractivity contribution in [3.63, 3.8) is 0 Å². The van der Waals surface area contributed by atoms with Gasteiger partial charge in [0.1, 0.15) is 0 Å². The number of anilines is 1. The number of hydrogen-bond donors (Lipinski definition) is 3. The minimum absolute atomic E-state index is 0.252. The van der Waals surface area contributed by atoms with Gasteiger partial charge in [0.2, 0.25) is 0 Å². The molecule has 88 valence electrons. The normalized spacial score (nSPS) is 10.2. The second-order valence-electron chi connectivity index (χ2n) is 3.66. The Hall–Kier alpha value is -2.21. The molecule has 0 radical (unpaired) electrons. The van der Waals surface area contributed by atoms with Crippen LogP contribution in [0.15, 0.2) is 24.4 Å². The average molecular weight is 231 g/mol. The third-order valence-electron chi connectivity index (χ3n) is 2.43. The van der Waals surface area contributed by atoms with E-state index in [1.807, 2.05) is 25.1 Å². The Kier molecular flexibility index (Phi) is 3.15. The first-order valence-corrected chi connectivity index (χ1v) is 5.17. The highest BCUT2D eigenvalue weighted by Gasteiger charge is 2.10. The van der Waals surface area contributed by atoms with E-state index in [2.05, 4.69) is 20.7 Å². The summed E-state index contributed by atoms with van der Waals surface area (Å²) in [4.78, 5) is 11.8. The van der Waals surface area contributed by atoms with Gasteiger partial charge in [-0.15, -0.1) is 0 Å². The molecule has 1 aromatic carbocycles. The Morgan fingerprint density at radius 2 is 2.35 bits per heavy atom. The molecule has 17 heavy (non-hydrogen) atoms. The molecule has 0 saturated carbocycles. The molecule has 1 amide bonds. The highest BCUT2D eigenvalue weighted by molar-refractivity contribution is 6.03. The number of aromatic nitrogens is 3. The fraction of sp³-hybridized carbons (Fsp3) is 0.182. The van der Waals surface area contributed by atoms with Crippen LogP contribution in [-0.4, -0.2) is 21.3 Å². The second kappa shape index (κ2) is 4.75. The molecule has 0 unspecified atom stereocenters. The van der Waals surface area contributed by atoms with Gasteiger partial charge >= 0.3 is 0 Å². The SMILES string of the molecule is Cc1ccc(CN)cc1NC(=O)c1cn[nH]n1. The van der Waals surface area contributed by atoms with E-state index in [1.54, 1.807) is 0 Å². The maximum atomic E-state index is 11.8. The highest BCUT2D eigenvalue weighted by atomic mass is 16.2. The summed E-state index contributed by atoms with van der Waals surface area (Å²) >= 11 is 0. The largest absolute Gasteiger partial charge is 0.326 e.